The lowest BCUT2D eigenvalue weighted by molar-refractivity contribution is 0.0916. The number of carbonyl (C=O) groups excluding carboxylic acids is 1. The van der Waals surface area contributed by atoms with E-state index in [-0.39, 0.29) is 27.7 Å². The highest BCUT2D eigenvalue weighted by Gasteiger charge is 2.18. The molecule has 0 fully saturated rings. The van der Waals surface area contributed by atoms with Crippen LogP contribution in [0.4, 0.5) is 10.1 Å². The molecule has 0 aliphatic carbocycles. The zero-order chi connectivity index (χ0) is 23.3. The van der Waals surface area contributed by atoms with Crippen LogP contribution in [0.5, 0.6) is 5.75 Å². The molecule has 0 saturated heterocycles. The van der Waals surface area contributed by atoms with Gasteiger partial charge in [0, 0.05) is 12.1 Å². The molecular formula is C22H20ClFN2O5S. The highest BCUT2D eigenvalue weighted by molar-refractivity contribution is 7.92. The number of amides is 1. The van der Waals surface area contributed by atoms with Crippen LogP contribution in [-0.4, -0.2) is 33.1 Å². The summed E-state index contributed by atoms with van der Waals surface area (Å²) in [7, 11) is -2.51. The second kappa shape index (κ2) is 9.99. The van der Waals surface area contributed by atoms with E-state index in [9.17, 15) is 22.7 Å². The number of halogens is 2. The standard InChI is InChI=1S/C22H20ClFN2O5S/c1-31-17-7-2-14(3-8-17)21(27)13-25-22(28)15-4-11-19(23)20(12-15)26-32(29,30)18-9-5-16(24)6-10-18/h2-12,21,26-27H,13H2,1H3,(H,25,28). The van der Waals surface area contributed by atoms with Gasteiger partial charge in [-0.2, -0.15) is 0 Å². The van der Waals surface area contributed by atoms with Gasteiger partial charge in [-0.15, -0.1) is 0 Å². The van der Waals surface area contributed by atoms with Crippen LogP contribution >= 0.6 is 11.6 Å². The molecule has 0 aromatic heterocycles. The van der Waals surface area contributed by atoms with Crippen LogP contribution in [0.2, 0.25) is 5.02 Å². The van der Waals surface area contributed by atoms with Crippen molar-refractivity contribution >= 4 is 33.2 Å². The van der Waals surface area contributed by atoms with E-state index in [1.54, 1.807) is 24.3 Å². The molecule has 0 aliphatic rings. The Hall–Kier alpha value is -3.14. The molecule has 32 heavy (non-hydrogen) atoms. The SMILES string of the molecule is COc1ccc(C(O)CNC(=O)c2ccc(Cl)c(NS(=O)(=O)c3ccc(F)cc3)c2)cc1. The summed E-state index contributed by atoms with van der Waals surface area (Å²) in [5.74, 6) is -0.462. The molecule has 168 valence electrons. The number of rotatable bonds is 8. The molecule has 7 nitrogen and oxygen atoms in total. The lowest BCUT2D eigenvalue weighted by atomic mass is 10.1. The normalized spacial score (nSPS) is 12.1. The zero-order valence-corrected chi connectivity index (χ0v) is 18.5. The summed E-state index contributed by atoms with van der Waals surface area (Å²) in [5.41, 5.74) is 0.711. The first-order valence-electron chi connectivity index (χ1n) is 9.38. The maximum absolute atomic E-state index is 13.1. The molecule has 3 aromatic rings. The number of nitrogens with one attached hydrogen (secondary N) is 2. The smallest absolute Gasteiger partial charge is 0.261 e. The van der Waals surface area contributed by atoms with Crippen molar-refractivity contribution in [3.05, 3.63) is 88.7 Å². The van der Waals surface area contributed by atoms with E-state index in [0.29, 0.717) is 11.3 Å². The van der Waals surface area contributed by atoms with Gasteiger partial charge < -0.3 is 15.2 Å². The Labute approximate surface area is 189 Å². The fraction of sp³-hybridized carbons (Fsp3) is 0.136. The van der Waals surface area contributed by atoms with Crippen molar-refractivity contribution in [1.82, 2.24) is 5.32 Å². The van der Waals surface area contributed by atoms with Gasteiger partial charge in [-0.05, 0) is 60.2 Å². The molecule has 0 aliphatic heterocycles. The first-order chi connectivity index (χ1) is 15.2. The maximum Gasteiger partial charge on any atom is 0.261 e. The second-order valence-corrected chi connectivity index (χ2v) is 8.84. The fourth-order valence-corrected chi connectivity index (χ4v) is 4.09. The van der Waals surface area contributed by atoms with E-state index in [1.807, 2.05) is 0 Å². The summed E-state index contributed by atoms with van der Waals surface area (Å²) >= 11 is 6.08. The predicted molar refractivity (Wildman–Crippen MR) is 119 cm³/mol. The van der Waals surface area contributed by atoms with Crippen molar-refractivity contribution in [2.75, 3.05) is 18.4 Å². The van der Waals surface area contributed by atoms with Crippen molar-refractivity contribution in [1.29, 1.82) is 0 Å². The van der Waals surface area contributed by atoms with Crippen molar-refractivity contribution in [3.63, 3.8) is 0 Å². The molecule has 3 rings (SSSR count). The van der Waals surface area contributed by atoms with E-state index < -0.39 is 27.9 Å². The average molecular weight is 479 g/mol. The monoisotopic (exact) mass is 478 g/mol. The van der Waals surface area contributed by atoms with Gasteiger partial charge in [0.2, 0.25) is 0 Å². The molecule has 0 radical (unpaired) electrons. The Morgan fingerprint density at radius 3 is 2.38 bits per heavy atom. The lowest BCUT2D eigenvalue weighted by Crippen LogP contribution is -2.28. The van der Waals surface area contributed by atoms with Crippen LogP contribution in [0.1, 0.15) is 22.0 Å². The quantitative estimate of drug-likeness (QED) is 0.457. The number of aliphatic hydroxyl groups is 1. The van der Waals surface area contributed by atoms with Crippen LogP contribution in [0.15, 0.2) is 71.6 Å². The number of sulfonamides is 1. The number of hydrogen-bond acceptors (Lipinski definition) is 5. The van der Waals surface area contributed by atoms with Gasteiger partial charge >= 0.3 is 0 Å². The maximum atomic E-state index is 13.1. The van der Waals surface area contributed by atoms with Crippen molar-refractivity contribution in [2.24, 2.45) is 0 Å². The Kier molecular flexibility index (Phi) is 7.34. The molecule has 0 heterocycles. The molecule has 3 N–H and O–H groups in total. The number of methoxy groups -OCH3 is 1. The molecule has 0 bridgehead atoms. The summed E-state index contributed by atoms with van der Waals surface area (Å²) < 4.78 is 45.5. The van der Waals surface area contributed by atoms with Gasteiger partial charge in [0.1, 0.15) is 11.6 Å². The molecule has 0 saturated carbocycles. The minimum atomic E-state index is -4.05. The molecule has 3 aromatic carbocycles. The van der Waals surface area contributed by atoms with Crippen molar-refractivity contribution in [2.45, 2.75) is 11.0 Å². The van der Waals surface area contributed by atoms with Gasteiger partial charge in [-0.3, -0.25) is 9.52 Å². The van der Waals surface area contributed by atoms with Crippen LogP contribution in [-0.2, 0) is 10.0 Å². The first-order valence-corrected chi connectivity index (χ1v) is 11.2. The highest BCUT2D eigenvalue weighted by Crippen LogP contribution is 2.26. The molecular weight excluding hydrogens is 459 g/mol. The molecule has 1 unspecified atom stereocenters. The van der Waals surface area contributed by atoms with Gasteiger partial charge in [0.15, 0.2) is 0 Å². The summed E-state index contributed by atoms with van der Waals surface area (Å²) in [6.07, 6.45) is -0.950. The Bertz CT molecular complexity index is 1200. The zero-order valence-electron chi connectivity index (χ0n) is 16.9. The Morgan fingerprint density at radius 1 is 1.09 bits per heavy atom. The number of ether oxygens (including phenoxy) is 1. The summed E-state index contributed by atoms with van der Waals surface area (Å²) in [5, 5.41) is 12.9. The van der Waals surface area contributed by atoms with Crippen LogP contribution in [0.3, 0.4) is 0 Å². The van der Waals surface area contributed by atoms with E-state index in [4.69, 9.17) is 16.3 Å². The van der Waals surface area contributed by atoms with E-state index >= 15 is 0 Å². The molecule has 1 amide bonds. The highest BCUT2D eigenvalue weighted by atomic mass is 35.5. The topological polar surface area (TPSA) is 105 Å². The number of anilines is 1. The van der Waals surface area contributed by atoms with Crippen LogP contribution in [0, 0.1) is 5.82 Å². The van der Waals surface area contributed by atoms with E-state index in [1.165, 1.54) is 25.3 Å². The minimum absolute atomic E-state index is 0.0145. The number of hydrogen-bond donors (Lipinski definition) is 3. The van der Waals surface area contributed by atoms with Gasteiger partial charge in [-0.1, -0.05) is 23.7 Å². The molecule has 1 atom stereocenters. The lowest BCUT2D eigenvalue weighted by Gasteiger charge is -2.14. The number of carbonyl (C=O) groups is 1. The molecule has 10 heteroatoms. The second-order valence-electron chi connectivity index (χ2n) is 6.75. The number of aliphatic hydroxyl groups excluding tert-OH is 1. The van der Waals surface area contributed by atoms with E-state index in [0.717, 1.165) is 24.3 Å². The first kappa shape index (κ1) is 23.5. The number of benzene rings is 3. The summed E-state index contributed by atoms with van der Waals surface area (Å²) in [4.78, 5) is 12.4. The van der Waals surface area contributed by atoms with Crippen LogP contribution in [0.25, 0.3) is 0 Å². The van der Waals surface area contributed by atoms with Gasteiger partial charge in [0.05, 0.1) is 28.8 Å². The average Bonchev–Trinajstić information content (AvgIpc) is 2.79. The predicted octanol–water partition coefficient (Wildman–Crippen LogP) is 3.75. The van der Waals surface area contributed by atoms with E-state index in [2.05, 4.69) is 10.0 Å². The third kappa shape index (κ3) is 5.76. The van der Waals surface area contributed by atoms with Crippen molar-refractivity contribution < 1.29 is 27.4 Å². The van der Waals surface area contributed by atoms with Crippen molar-refractivity contribution in [3.8, 4) is 5.75 Å². The minimum Gasteiger partial charge on any atom is -0.497 e. The Morgan fingerprint density at radius 2 is 1.75 bits per heavy atom. The third-order valence-electron chi connectivity index (χ3n) is 4.55. The molecule has 0 spiro atoms. The van der Waals surface area contributed by atoms with Gasteiger partial charge in [-0.25, -0.2) is 12.8 Å². The summed E-state index contributed by atoms with van der Waals surface area (Å²) in [6.45, 7) is -0.0651. The largest absolute Gasteiger partial charge is 0.497 e. The fourth-order valence-electron chi connectivity index (χ4n) is 2.80. The summed E-state index contributed by atoms with van der Waals surface area (Å²) in [6, 6.07) is 15.1. The van der Waals surface area contributed by atoms with Crippen LogP contribution < -0.4 is 14.8 Å². The Balaban J connectivity index is 1.70. The van der Waals surface area contributed by atoms with Gasteiger partial charge in [0.25, 0.3) is 15.9 Å². The third-order valence-corrected chi connectivity index (χ3v) is 6.26.